The summed E-state index contributed by atoms with van der Waals surface area (Å²) in [6.07, 6.45) is 3.07. The van der Waals surface area contributed by atoms with Crippen LogP contribution < -0.4 is 5.32 Å². The van der Waals surface area contributed by atoms with Gasteiger partial charge in [0.1, 0.15) is 11.9 Å². The van der Waals surface area contributed by atoms with Crippen LogP contribution in [0.15, 0.2) is 12.4 Å². The number of rotatable bonds is 4. The summed E-state index contributed by atoms with van der Waals surface area (Å²) in [7, 11) is 0. The quantitative estimate of drug-likeness (QED) is 0.843. The van der Waals surface area contributed by atoms with Gasteiger partial charge in [0.2, 0.25) is 0 Å². The van der Waals surface area contributed by atoms with Gasteiger partial charge in [-0.3, -0.25) is 0 Å². The van der Waals surface area contributed by atoms with Crippen molar-refractivity contribution in [1.29, 1.82) is 5.26 Å². The molecule has 1 N–H and O–H groups in total. The van der Waals surface area contributed by atoms with Gasteiger partial charge in [-0.1, -0.05) is 27.7 Å². The molecular formula is C12H18N4. The minimum absolute atomic E-state index is 0.204. The Balaban J connectivity index is 2.59. The van der Waals surface area contributed by atoms with Gasteiger partial charge in [-0.25, -0.2) is 9.97 Å². The maximum absolute atomic E-state index is 8.59. The largest absolute Gasteiger partial charge is 0.368 e. The predicted molar refractivity (Wildman–Crippen MR) is 63.9 cm³/mol. The van der Waals surface area contributed by atoms with E-state index in [1.54, 1.807) is 6.20 Å². The lowest BCUT2D eigenvalue weighted by atomic mass is 9.81. The molecule has 86 valence electrons. The fourth-order valence-electron chi connectivity index (χ4n) is 1.000. The van der Waals surface area contributed by atoms with Gasteiger partial charge in [-0.15, -0.1) is 0 Å². The Morgan fingerprint density at radius 3 is 2.50 bits per heavy atom. The zero-order valence-electron chi connectivity index (χ0n) is 10.3. The van der Waals surface area contributed by atoms with E-state index in [4.69, 9.17) is 5.26 Å². The number of anilines is 1. The van der Waals surface area contributed by atoms with Gasteiger partial charge in [0, 0.05) is 6.54 Å². The van der Waals surface area contributed by atoms with Crippen molar-refractivity contribution < 1.29 is 0 Å². The monoisotopic (exact) mass is 218 g/mol. The highest BCUT2D eigenvalue weighted by atomic mass is 15.0. The van der Waals surface area contributed by atoms with Gasteiger partial charge in [-0.2, -0.15) is 5.26 Å². The highest BCUT2D eigenvalue weighted by Gasteiger charge is 2.21. The Morgan fingerprint density at radius 1 is 1.38 bits per heavy atom. The summed E-state index contributed by atoms with van der Waals surface area (Å²) < 4.78 is 0. The van der Waals surface area contributed by atoms with E-state index in [0.717, 1.165) is 6.54 Å². The molecule has 0 aliphatic carbocycles. The van der Waals surface area contributed by atoms with Gasteiger partial charge >= 0.3 is 0 Å². The predicted octanol–water partition coefficient (Wildman–Crippen LogP) is 2.44. The van der Waals surface area contributed by atoms with Crippen molar-refractivity contribution in [1.82, 2.24) is 9.97 Å². The van der Waals surface area contributed by atoms with Crippen molar-refractivity contribution >= 4 is 5.82 Å². The van der Waals surface area contributed by atoms with Crippen molar-refractivity contribution in [2.75, 3.05) is 11.9 Å². The van der Waals surface area contributed by atoms with Crippen LogP contribution in [0.5, 0.6) is 0 Å². The topological polar surface area (TPSA) is 61.6 Å². The third-order valence-electron chi connectivity index (χ3n) is 3.05. The van der Waals surface area contributed by atoms with Crippen LogP contribution in [0, 0.1) is 22.7 Å². The van der Waals surface area contributed by atoms with Gasteiger partial charge in [0.15, 0.2) is 5.69 Å². The summed E-state index contributed by atoms with van der Waals surface area (Å²) in [4.78, 5) is 8.07. The van der Waals surface area contributed by atoms with Gasteiger partial charge < -0.3 is 5.32 Å². The second kappa shape index (κ2) is 4.93. The number of nitriles is 1. The summed E-state index contributed by atoms with van der Waals surface area (Å²) >= 11 is 0. The molecule has 0 unspecified atom stereocenters. The molecule has 0 fully saturated rings. The molecule has 0 aliphatic rings. The fourth-order valence-corrected chi connectivity index (χ4v) is 1.000. The third kappa shape index (κ3) is 3.20. The molecule has 0 saturated heterocycles. The molecule has 0 bridgehead atoms. The van der Waals surface area contributed by atoms with Gasteiger partial charge in [0.25, 0.3) is 0 Å². The van der Waals surface area contributed by atoms with E-state index < -0.39 is 0 Å². The van der Waals surface area contributed by atoms with Crippen LogP contribution in [0.25, 0.3) is 0 Å². The zero-order valence-corrected chi connectivity index (χ0v) is 10.3. The molecule has 0 saturated carbocycles. The highest BCUT2D eigenvalue weighted by Crippen LogP contribution is 2.25. The SMILES string of the molecule is CC(C)C(C)(C)CNc1cnc(C#N)cn1. The Hall–Kier alpha value is -1.63. The summed E-state index contributed by atoms with van der Waals surface area (Å²) in [5.41, 5.74) is 0.545. The first-order valence-corrected chi connectivity index (χ1v) is 5.42. The Labute approximate surface area is 96.7 Å². The molecule has 1 aromatic heterocycles. The molecule has 0 spiro atoms. The summed E-state index contributed by atoms with van der Waals surface area (Å²) in [6, 6.07) is 1.94. The maximum atomic E-state index is 8.59. The minimum atomic E-state index is 0.204. The van der Waals surface area contributed by atoms with Crippen LogP contribution in [-0.4, -0.2) is 16.5 Å². The van der Waals surface area contributed by atoms with Crippen LogP contribution >= 0.6 is 0 Å². The third-order valence-corrected chi connectivity index (χ3v) is 3.05. The molecular weight excluding hydrogens is 200 g/mol. The number of nitrogens with zero attached hydrogens (tertiary/aromatic N) is 3. The molecule has 4 nitrogen and oxygen atoms in total. The van der Waals surface area contributed by atoms with Crippen LogP contribution in [0.1, 0.15) is 33.4 Å². The second-order valence-electron chi connectivity index (χ2n) is 4.90. The molecule has 1 heterocycles. The standard InChI is InChI=1S/C12H18N4/c1-9(2)12(3,4)8-16-11-7-14-10(5-13)6-15-11/h6-7,9H,8H2,1-4H3,(H,15,16). The molecule has 1 rings (SSSR count). The number of nitrogens with one attached hydrogen (secondary N) is 1. The summed E-state index contributed by atoms with van der Waals surface area (Å²) in [6.45, 7) is 9.66. The summed E-state index contributed by atoms with van der Waals surface area (Å²) in [5.74, 6) is 1.30. The normalized spacial score (nSPS) is 11.2. The molecule has 16 heavy (non-hydrogen) atoms. The molecule has 0 aromatic carbocycles. The van der Waals surface area contributed by atoms with Crippen LogP contribution in [0.4, 0.5) is 5.82 Å². The van der Waals surface area contributed by atoms with E-state index in [1.807, 2.05) is 6.07 Å². The first-order chi connectivity index (χ1) is 7.45. The van der Waals surface area contributed by atoms with Crippen LogP contribution in [0.3, 0.4) is 0 Å². The molecule has 0 atom stereocenters. The van der Waals surface area contributed by atoms with Crippen molar-refractivity contribution in [3.05, 3.63) is 18.1 Å². The Kier molecular flexibility index (Phi) is 3.83. The van der Waals surface area contributed by atoms with Gasteiger partial charge in [0.05, 0.1) is 12.4 Å². The average molecular weight is 218 g/mol. The summed E-state index contributed by atoms with van der Waals surface area (Å²) in [5, 5.41) is 11.8. The minimum Gasteiger partial charge on any atom is -0.368 e. The first kappa shape index (κ1) is 12.4. The Morgan fingerprint density at radius 2 is 2.06 bits per heavy atom. The first-order valence-electron chi connectivity index (χ1n) is 5.42. The number of hydrogen-bond acceptors (Lipinski definition) is 4. The lowest BCUT2D eigenvalue weighted by Gasteiger charge is -2.29. The Bertz CT molecular complexity index is 373. The van der Waals surface area contributed by atoms with Gasteiger partial charge in [-0.05, 0) is 11.3 Å². The van der Waals surface area contributed by atoms with E-state index in [9.17, 15) is 0 Å². The molecule has 4 heteroatoms. The van der Waals surface area contributed by atoms with Crippen molar-refractivity contribution in [3.8, 4) is 6.07 Å². The molecule has 0 amide bonds. The molecule has 1 aromatic rings. The van der Waals surface area contributed by atoms with Crippen LogP contribution in [-0.2, 0) is 0 Å². The van der Waals surface area contributed by atoms with E-state index in [0.29, 0.717) is 17.4 Å². The maximum Gasteiger partial charge on any atom is 0.158 e. The zero-order chi connectivity index (χ0) is 12.2. The lowest BCUT2D eigenvalue weighted by Crippen LogP contribution is -2.28. The molecule has 0 aliphatic heterocycles. The van der Waals surface area contributed by atoms with E-state index in [2.05, 4.69) is 43.0 Å². The van der Waals surface area contributed by atoms with E-state index in [1.165, 1.54) is 6.20 Å². The van der Waals surface area contributed by atoms with Crippen molar-refractivity contribution in [2.24, 2.45) is 11.3 Å². The number of hydrogen-bond donors (Lipinski definition) is 1. The number of aromatic nitrogens is 2. The lowest BCUT2D eigenvalue weighted by molar-refractivity contribution is 0.269. The molecule has 0 radical (unpaired) electrons. The van der Waals surface area contributed by atoms with E-state index in [-0.39, 0.29) is 5.41 Å². The van der Waals surface area contributed by atoms with Crippen molar-refractivity contribution in [3.63, 3.8) is 0 Å². The fraction of sp³-hybridized carbons (Fsp3) is 0.583. The van der Waals surface area contributed by atoms with Crippen molar-refractivity contribution in [2.45, 2.75) is 27.7 Å². The smallest absolute Gasteiger partial charge is 0.158 e. The average Bonchev–Trinajstić information content (AvgIpc) is 2.27. The van der Waals surface area contributed by atoms with E-state index >= 15 is 0 Å². The second-order valence-corrected chi connectivity index (χ2v) is 4.90. The van der Waals surface area contributed by atoms with Crippen LogP contribution in [0.2, 0.25) is 0 Å². The highest BCUT2D eigenvalue weighted by molar-refractivity contribution is 5.33.